The van der Waals surface area contributed by atoms with Crippen LogP contribution in [0.15, 0.2) is 29.6 Å². The summed E-state index contributed by atoms with van der Waals surface area (Å²) >= 11 is 1.85. The number of ether oxygens (including phenoxy) is 1. The number of rotatable bonds is 4. The van der Waals surface area contributed by atoms with Crippen molar-refractivity contribution in [2.24, 2.45) is 5.41 Å². The molecular formula is C15H19NOS. The van der Waals surface area contributed by atoms with Crippen LogP contribution in [0.3, 0.4) is 0 Å². The van der Waals surface area contributed by atoms with Gasteiger partial charge in [-0.05, 0) is 42.3 Å². The molecule has 0 spiro atoms. The summed E-state index contributed by atoms with van der Waals surface area (Å²) in [7, 11) is 2.03. The summed E-state index contributed by atoms with van der Waals surface area (Å²) in [4.78, 5) is 0. The molecule has 0 amide bonds. The summed E-state index contributed by atoms with van der Waals surface area (Å²) < 4.78 is 7.03. The van der Waals surface area contributed by atoms with Gasteiger partial charge in [-0.15, -0.1) is 11.3 Å². The number of benzene rings is 1. The smallest absolute Gasteiger partial charge is 0.0538 e. The summed E-state index contributed by atoms with van der Waals surface area (Å²) in [5.74, 6) is 0. The molecular weight excluding hydrogens is 242 g/mol. The second kappa shape index (κ2) is 5.00. The fourth-order valence-corrected chi connectivity index (χ4v) is 3.90. The van der Waals surface area contributed by atoms with E-state index in [2.05, 4.69) is 35.0 Å². The van der Waals surface area contributed by atoms with Gasteiger partial charge < -0.3 is 10.1 Å². The number of hydrogen-bond donors (Lipinski definition) is 1. The second-order valence-corrected chi connectivity index (χ2v) is 6.18. The van der Waals surface area contributed by atoms with Gasteiger partial charge in [0.25, 0.3) is 0 Å². The number of fused-ring (bicyclic) bond motifs is 1. The third-order valence-corrected chi connectivity index (χ3v) is 4.88. The molecule has 2 nitrogen and oxygen atoms in total. The molecule has 0 bridgehead atoms. The number of hydrogen-bond acceptors (Lipinski definition) is 3. The molecule has 1 saturated heterocycles. The Bertz CT molecular complexity index is 528. The van der Waals surface area contributed by atoms with Gasteiger partial charge in [-0.3, -0.25) is 0 Å². The highest BCUT2D eigenvalue weighted by Crippen LogP contribution is 2.36. The van der Waals surface area contributed by atoms with Crippen molar-refractivity contribution in [1.29, 1.82) is 0 Å². The molecule has 1 aliphatic heterocycles. The molecule has 1 unspecified atom stereocenters. The molecule has 1 fully saturated rings. The van der Waals surface area contributed by atoms with E-state index in [1.54, 1.807) is 0 Å². The molecule has 1 aromatic heterocycles. The SMILES string of the molecule is CNCC1(Cc2csc3ccccc23)CCOC1. The summed E-state index contributed by atoms with van der Waals surface area (Å²) in [6.45, 7) is 2.83. The highest BCUT2D eigenvalue weighted by atomic mass is 32.1. The van der Waals surface area contributed by atoms with E-state index in [0.29, 0.717) is 5.41 Å². The lowest BCUT2D eigenvalue weighted by atomic mass is 9.81. The molecule has 0 radical (unpaired) electrons. The van der Waals surface area contributed by atoms with Crippen molar-refractivity contribution in [3.8, 4) is 0 Å². The lowest BCUT2D eigenvalue weighted by Gasteiger charge is -2.26. The molecule has 1 aliphatic rings. The fraction of sp³-hybridized carbons (Fsp3) is 0.467. The highest BCUT2D eigenvalue weighted by molar-refractivity contribution is 7.17. The van der Waals surface area contributed by atoms with Crippen LogP contribution in [0.4, 0.5) is 0 Å². The molecule has 1 N–H and O–H groups in total. The van der Waals surface area contributed by atoms with Crippen molar-refractivity contribution in [3.05, 3.63) is 35.2 Å². The van der Waals surface area contributed by atoms with Crippen LogP contribution in [0.2, 0.25) is 0 Å². The van der Waals surface area contributed by atoms with Crippen LogP contribution in [0, 0.1) is 5.41 Å². The maximum atomic E-state index is 5.64. The molecule has 0 saturated carbocycles. The van der Waals surface area contributed by atoms with Gasteiger partial charge in [0.15, 0.2) is 0 Å². The minimum atomic E-state index is 0.290. The van der Waals surface area contributed by atoms with Crippen molar-refractivity contribution in [1.82, 2.24) is 5.32 Å². The van der Waals surface area contributed by atoms with Crippen LogP contribution in [-0.2, 0) is 11.2 Å². The zero-order valence-corrected chi connectivity index (χ0v) is 11.6. The van der Waals surface area contributed by atoms with E-state index >= 15 is 0 Å². The lowest BCUT2D eigenvalue weighted by molar-refractivity contribution is 0.151. The maximum absolute atomic E-state index is 5.64. The minimum Gasteiger partial charge on any atom is -0.381 e. The first-order chi connectivity index (χ1) is 8.83. The van der Waals surface area contributed by atoms with Gasteiger partial charge in [-0.1, -0.05) is 18.2 Å². The van der Waals surface area contributed by atoms with Gasteiger partial charge in [0, 0.05) is 23.3 Å². The predicted octanol–water partition coefficient (Wildman–Crippen LogP) is 3.07. The second-order valence-electron chi connectivity index (χ2n) is 5.27. The Hall–Kier alpha value is -0.900. The van der Waals surface area contributed by atoms with Gasteiger partial charge >= 0.3 is 0 Å². The zero-order valence-electron chi connectivity index (χ0n) is 10.7. The third-order valence-electron chi connectivity index (χ3n) is 3.86. The molecule has 2 aromatic rings. The van der Waals surface area contributed by atoms with Crippen molar-refractivity contribution < 1.29 is 4.74 Å². The summed E-state index contributed by atoms with van der Waals surface area (Å²) in [6.07, 6.45) is 2.29. The van der Waals surface area contributed by atoms with E-state index in [9.17, 15) is 0 Å². The first kappa shape index (κ1) is 12.2. The van der Waals surface area contributed by atoms with Crippen molar-refractivity contribution in [3.63, 3.8) is 0 Å². The molecule has 96 valence electrons. The van der Waals surface area contributed by atoms with Crippen LogP contribution in [0.5, 0.6) is 0 Å². The molecule has 0 aliphatic carbocycles. The largest absolute Gasteiger partial charge is 0.381 e. The minimum absolute atomic E-state index is 0.290. The maximum Gasteiger partial charge on any atom is 0.0538 e. The first-order valence-electron chi connectivity index (χ1n) is 6.50. The Labute approximate surface area is 112 Å². The lowest BCUT2D eigenvalue weighted by Crippen LogP contribution is -2.35. The van der Waals surface area contributed by atoms with Crippen LogP contribution < -0.4 is 5.32 Å². The standard InChI is InChI=1S/C15H19NOS/c1-16-10-15(6-7-17-11-15)8-12-9-18-14-5-3-2-4-13(12)14/h2-5,9,16H,6-8,10-11H2,1H3. The zero-order chi connectivity index (χ0) is 12.4. The Morgan fingerprint density at radius 2 is 2.28 bits per heavy atom. The fourth-order valence-electron chi connectivity index (χ4n) is 2.94. The van der Waals surface area contributed by atoms with Gasteiger partial charge in [0.1, 0.15) is 0 Å². The van der Waals surface area contributed by atoms with E-state index in [1.165, 1.54) is 15.6 Å². The average Bonchev–Trinajstić information content (AvgIpc) is 2.99. The number of thiophene rings is 1. The highest BCUT2D eigenvalue weighted by Gasteiger charge is 2.34. The van der Waals surface area contributed by atoms with Crippen LogP contribution >= 0.6 is 11.3 Å². The monoisotopic (exact) mass is 261 g/mol. The van der Waals surface area contributed by atoms with Crippen LogP contribution in [0.25, 0.3) is 10.1 Å². The topological polar surface area (TPSA) is 21.3 Å². The Morgan fingerprint density at radius 3 is 3.06 bits per heavy atom. The van der Waals surface area contributed by atoms with E-state index in [4.69, 9.17) is 4.74 Å². The third kappa shape index (κ3) is 2.18. The normalized spacial score (nSPS) is 23.8. The van der Waals surface area contributed by atoms with Crippen molar-refractivity contribution >= 4 is 21.4 Å². The number of nitrogens with one attached hydrogen (secondary N) is 1. The van der Waals surface area contributed by atoms with Gasteiger partial charge in [0.05, 0.1) is 6.61 Å². The van der Waals surface area contributed by atoms with Crippen molar-refractivity contribution in [2.45, 2.75) is 12.8 Å². The van der Waals surface area contributed by atoms with Gasteiger partial charge in [-0.2, -0.15) is 0 Å². The molecule has 18 heavy (non-hydrogen) atoms. The van der Waals surface area contributed by atoms with Crippen LogP contribution in [-0.4, -0.2) is 26.8 Å². The van der Waals surface area contributed by atoms with E-state index < -0.39 is 0 Å². The van der Waals surface area contributed by atoms with Crippen molar-refractivity contribution in [2.75, 3.05) is 26.8 Å². The van der Waals surface area contributed by atoms with E-state index in [-0.39, 0.29) is 0 Å². The Balaban J connectivity index is 1.90. The predicted molar refractivity (Wildman–Crippen MR) is 77.3 cm³/mol. The van der Waals surface area contributed by atoms with Gasteiger partial charge in [-0.25, -0.2) is 0 Å². The summed E-state index contributed by atoms with van der Waals surface area (Å²) in [5, 5.41) is 7.08. The van der Waals surface area contributed by atoms with Gasteiger partial charge in [0.2, 0.25) is 0 Å². The Morgan fingerprint density at radius 1 is 1.39 bits per heavy atom. The first-order valence-corrected chi connectivity index (χ1v) is 7.38. The van der Waals surface area contributed by atoms with E-state index in [0.717, 1.165) is 32.6 Å². The van der Waals surface area contributed by atoms with Crippen LogP contribution in [0.1, 0.15) is 12.0 Å². The summed E-state index contributed by atoms with van der Waals surface area (Å²) in [6, 6.07) is 8.70. The molecule has 3 rings (SSSR count). The molecule has 3 heteroatoms. The average molecular weight is 261 g/mol. The molecule has 1 aromatic carbocycles. The quantitative estimate of drug-likeness (QED) is 0.913. The summed E-state index contributed by atoms with van der Waals surface area (Å²) in [5.41, 5.74) is 1.77. The molecule has 1 atom stereocenters. The Kier molecular flexibility index (Phi) is 3.37. The van der Waals surface area contributed by atoms with E-state index in [1.807, 2.05) is 18.4 Å². The molecule has 2 heterocycles.